The number of carbonyl (C=O) groups excluding carboxylic acids is 1. The highest BCUT2D eigenvalue weighted by atomic mass is 16.1. The molecule has 0 aromatic carbocycles. The Morgan fingerprint density at radius 3 is 1.92 bits per heavy atom. The van der Waals surface area contributed by atoms with E-state index in [1.54, 1.807) is 0 Å². The van der Waals surface area contributed by atoms with Gasteiger partial charge in [-0.1, -0.05) is 78.1 Å². The first-order valence-electron chi connectivity index (χ1n) is 11.6. The minimum Gasteiger partial charge on any atom is -0.303 e. The minimum atomic E-state index is 0.385. The van der Waals surface area contributed by atoms with Gasteiger partial charge >= 0.3 is 0 Å². The van der Waals surface area contributed by atoms with E-state index in [9.17, 15) is 4.79 Å². The maximum atomic E-state index is 10.8. The molecule has 0 amide bonds. The van der Waals surface area contributed by atoms with E-state index in [0.717, 1.165) is 36.5 Å². The summed E-state index contributed by atoms with van der Waals surface area (Å²) in [5.74, 6) is 4.30. The first kappa shape index (κ1) is 21.0. The van der Waals surface area contributed by atoms with Crippen LogP contribution in [0.25, 0.3) is 0 Å². The van der Waals surface area contributed by atoms with Crippen LogP contribution >= 0.6 is 0 Å². The highest BCUT2D eigenvalue weighted by molar-refractivity contribution is 5.53. The average Bonchev–Trinajstić information content (AvgIpc) is 2.62. The third-order valence-electron chi connectivity index (χ3n) is 7.38. The predicted octanol–water partition coefficient (Wildman–Crippen LogP) is 7.57. The van der Waals surface area contributed by atoms with E-state index in [4.69, 9.17) is 0 Å². The molecule has 0 saturated heterocycles. The van der Waals surface area contributed by atoms with Crippen LogP contribution < -0.4 is 0 Å². The molecule has 2 saturated carbocycles. The normalized spacial score (nSPS) is 33.3. The SMILES string of the molecule is CC1CCC(CCCCCCCCCC2CCC(C=O)CC2)C(C)C1. The zero-order valence-corrected chi connectivity index (χ0v) is 17.2. The molecule has 0 N–H and O–H groups in total. The zero-order chi connectivity index (χ0) is 17.9. The van der Waals surface area contributed by atoms with Gasteiger partial charge in [0.15, 0.2) is 0 Å². The van der Waals surface area contributed by atoms with Crippen molar-refractivity contribution in [2.75, 3.05) is 0 Å². The highest BCUT2D eigenvalue weighted by Crippen LogP contribution is 2.36. The van der Waals surface area contributed by atoms with Gasteiger partial charge in [-0.15, -0.1) is 0 Å². The highest BCUT2D eigenvalue weighted by Gasteiger charge is 2.24. The van der Waals surface area contributed by atoms with Gasteiger partial charge in [-0.25, -0.2) is 0 Å². The van der Waals surface area contributed by atoms with Crippen LogP contribution in [0.5, 0.6) is 0 Å². The molecule has 146 valence electrons. The van der Waals surface area contributed by atoms with E-state index in [1.165, 1.54) is 96.2 Å². The number of unbranched alkanes of at least 4 members (excludes halogenated alkanes) is 6. The van der Waals surface area contributed by atoms with Crippen LogP contribution in [0.2, 0.25) is 0 Å². The third kappa shape index (κ3) is 8.27. The van der Waals surface area contributed by atoms with E-state index >= 15 is 0 Å². The topological polar surface area (TPSA) is 17.1 Å². The monoisotopic (exact) mass is 348 g/mol. The molecule has 2 fully saturated rings. The van der Waals surface area contributed by atoms with Gasteiger partial charge in [0.2, 0.25) is 0 Å². The second-order valence-corrected chi connectivity index (χ2v) is 9.62. The largest absolute Gasteiger partial charge is 0.303 e. The molecule has 2 rings (SSSR count). The summed E-state index contributed by atoms with van der Waals surface area (Å²) >= 11 is 0. The van der Waals surface area contributed by atoms with E-state index in [-0.39, 0.29) is 0 Å². The predicted molar refractivity (Wildman–Crippen MR) is 109 cm³/mol. The summed E-state index contributed by atoms with van der Waals surface area (Å²) < 4.78 is 0. The van der Waals surface area contributed by atoms with Gasteiger partial charge in [0, 0.05) is 5.92 Å². The lowest BCUT2D eigenvalue weighted by atomic mass is 9.73. The van der Waals surface area contributed by atoms with Crippen molar-refractivity contribution in [3.05, 3.63) is 0 Å². The van der Waals surface area contributed by atoms with Crippen molar-refractivity contribution in [2.24, 2.45) is 29.6 Å². The fraction of sp³-hybridized carbons (Fsp3) is 0.958. The van der Waals surface area contributed by atoms with Crippen molar-refractivity contribution in [2.45, 2.75) is 117 Å². The fourth-order valence-corrected chi connectivity index (χ4v) is 5.49. The van der Waals surface area contributed by atoms with Crippen LogP contribution in [0.15, 0.2) is 0 Å². The Balaban J connectivity index is 1.36. The smallest absolute Gasteiger partial charge is 0.123 e. The molecular formula is C24H44O. The summed E-state index contributed by atoms with van der Waals surface area (Å²) in [6, 6.07) is 0. The second-order valence-electron chi connectivity index (χ2n) is 9.62. The molecule has 2 aliphatic rings. The van der Waals surface area contributed by atoms with Crippen LogP contribution in [0, 0.1) is 29.6 Å². The number of hydrogen-bond donors (Lipinski definition) is 0. The van der Waals surface area contributed by atoms with Crippen LogP contribution in [-0.2, 0) is 4.79 Å². The summed E-state index contributed by atoms with van der Waals surface area (Å²) in [4.78, 5) is 10.8. The van der Waals surface area contributed by atoms with Gasteiger partial charge in [0.25, 0.3) is 0 Å². The molecule has 0 bridgehead atoms. The average molecular weight is 349 g/mol. The summed E-state index contributed by atoms with van der Waals surface area (Å²) in [6.45, 7) is 4.93. The van der Waals surface area contributed by atoms with Crippen molar-refractivity contribution >= 4 is 6.29 Å². The Hall–Kier alpha value is -0.330. The fourth-order valence-electron chi connectivity index (χ4n) is 5.49. The van der Waals surface area contributed by atoms with Crippen LogP contribution in [0.4, 0.5) is 0 Å². The van der Waals surface area contributed by atoms with Gasteiger partial charge in [-0.05, 0) is 62.2 Å². The van der Waals surface area contributed by atoms with Gasteiger partial charge in [-0.2, -0.15) is 0 Å². The van der Waals surface area contributed by atoms with Crippen molar-refractivity contribution in [3.8, 4) is 0 Å². The molecular weight excluding hydrogens is 304 g/mol. The molecule has 2 aliphatic carbocycles. The van der Waals surface area contributed by atoms with Gasteiger partial charge in [-0.3, -0.25) is 0 Å². The molecule has 1 heteroatoms. The van der Waals surface area contributed by atoms with Crippen molar-refractivity contribution in [1.82, 2.24) is 0 Å². The standard InChI is InChI=1S/C24H44O/c1-20-12-17-24(21(2)18-20)11-9-7-5-3-4-6-8-10-22-13-15-23(19-25)16-14-22/h19-24H,3-18H2,1-2H3. The minimum absolute atomic E-state index is 0.385. The molecule has 0 aromatic rings. The van der Waals surface area contributed by atoms with E-state index in [1.807, 2.05) is 0 Å². The lowest BCUT2D eigenvalue weighted by Crippen LogP contribution is -2.21. The Kier molecular flexibility index (Phi) is 10.2. The number of rotatable bonds is 11. The Morgan fingerprint density at radius 2 is 1.32 bits per heavy atom. The van der Waals surface area contributed by atoms with Crippen molar-refractivity contribution in [3.63, 3.8) is 0 Å². The van der Waals surface area contributed by atoms with Crippen LogP contribution in [0.3, 0.4) is 0 Å². The lowest BCUT2D eigenvalue weighted by molar-refractivity contribution is -0.112. The molecule has 3 atom stereocenters. The third-order valence-corrected chi connectivity index (χ3v) is 7.38. The quantitative estimate of drug-likeness (QED) is 0.278. The summed E-state index contributed by atoms with van der Waals surface area (Å²) in [5.41, 5.74) is 0. The molecule has 0 aliphatic heterocycles. The summed E-state index contributed by atoms with van der Waals surface area (Å²) in [5, 5.41) is 0. The molecule has 1 nitrogen and oxygen atoms in total. The maximum absolute atomic E-state index is 10.8. The number of aldehydes is 1. The Morgan fingerprint density at radius 1 is 0.720 bits per heavy atom. The van der Waals surface area contributed by atoms with Gasteiger partial charge < -0.3 is 4.79 Å². The van der Waals surface area contributed by atoms with E-state index in [2.05, 4.69) is 13.8 Å². The van der Waals surface area contributed by atoms with Crippen LogP contribution in [0.1, 0.15) is 117 Å². The van der Waals surface area contributed by atoms with Crippen LogP contribution in [-0.4, -0.2) is 6.29 Å². The molecule has 0 aromatic heterocycles. The zero-order valence-electron chi connectivity index (χ0n) is 17.2. The molecule has 0 spiro atoms. The van der Waals surface area contributed by atoms with Gasteiger partial charge in [0.1, 0.15) is 6.29 Å². The van der Waals surface area contributed by atoms with Gasteiger partial charge in [0.05, 0.1) is 0 Å². The molecule has 0 heterocycles. The van der Waals surface area contributed by atoms with Crippen molar-refractivity contribution in [1.29, 1.82) is 0 Å². The van der Waals surface area contributed by atoms with E-state index in [0.29, 0.717) is 5.92 Å². The first-order valence-corrected chi connectivity index (χ1v) is 11.6. The Labute approximate surface area is 157 Å². The molecule has 3 unspecified atom stereocenters. The second kappa shape index (κ2) is 12.1. The Bertz CT molecular complexity index is 342. The molecule has 25 heavy (non-hydrogen) atoms. The first-order chi connectivity index (χ1) is 12.2. The lowest BCUT2D eigenvalue weighted by Gasteiger charge is -2.32. The maximum Gasteiger partial charge on any atom is 0.123 e. The molecule has 0 radical (unpaired) electrons. The van der Waals surface area contributed by atoms with Crippen molar-refractivity contribution < 1.29 is 4.79 Å². The van der Waals surface area contributed by atoms with E-state index < -0.39 is 0 Å². The summed E-state index contributed by atoms with van der Waals surface area (Å²) in [6.07, 6.45) is 23.6. The number of hydrogen-bond acceptors (Lipinski definition) is 1. The summed E-state index contributed by atoms with van der Waals surface area (Å²) in [7, 11) is 0. The number of carbonyl (C=O) groups is 1.